The van der Waals surface area contributed by atoms with Crippen LogP contribution in [0.3, 0.4) is 0 Å². The number of fused-ring (bicyclic) bond motifs is 1. The van der Waals surface area contributed by atoms with E-state index in [-0.39, 0.29) is 32.5 Å². The summed E-state index contributed by atoms with van der Waals surface area (Å²) in [5.74, 6) is -3.92. The predicted octanol–water partition coefficient (Wildman–Crippen LogP) is 4.82. The van der Waals surface area contributed by atoms with Crippen LogP contribution in [-0.2, 0) is 6.18 Å². The zero-order chi connectivity index (χ0) is 26.2. The zero-order valence-electron chi connectivity index (χ0n) is 19.7. The average molecular weight is 521 g/mol. The largest absolute Gasteiger partial charge is 0.451 e. The van der Waals surface area contributed by atoms with Gasteiger partial charge in [-0.05, 0) is 25.0 Å². The van der Waals surface area contributed by atoms with Gasteiger partial charge in [-0.1, -0.05) is 18.2 Å². The van der Waals surface area contributed by atoms with Gasteiger partial charge in [0.05, 0.1) is 17.1 Å². The number of carbonyl (C=O) groups is 1. The van der Waals surface area contributed by atoms with Crippen LogP contribution in [0.5, 0.6) is 0 Å². The lowest BCUT2D eigenvalue weighted by molar-refractivity contribution is -0.145. The molecule has 1 saturated heterocycles. The molecule has 2 N–H and O–H groups in total. The van der Waals surface area contributed by atoms with E-state index in [0.717, 1.165) is 25.2 Å². The smallest absolute Gasteiger partial charge is 0.367 e. The monoisotopic (exact) mass is 520 g/mol. The molecule has 2 aliphatic rings. The van der Waals surface area contributed by atoms with Crippen LogP contribution in [0.2, 0.25) is 0 Å². The van der Waals surface area contributed by atoms with E-state index in [0.29, 0.717) is 33.9 Å². The van der Waals surface area contributed by atoms with Crippen LogP contribution in [-0.4, -0.2) is 57.4 Å². The minimum atomic E-state index is -4.70. The first kappa shape index (κ1) is 25.2. The number of rotatable bonds is 7. The summed E-state index contributed by atoms with van der Waals surface area (Å²) in [6.45, 7) is 0.00553. The van der Waals surface area contributed by atoms with Gasteiger partial charge in [0.25, 0.3) is 11.8 Å². The molecule has 2 fully saturated rings. The Balaban J connectivity index is 1.39. The number of amides is 1. The Labute approximate surface area is 209 Å². The van der Waals surface area contributed by atoms with Crippen LogP contribution in [0.25, 0.3) is 10.9 Å². The number of benzene rings is 1. The fourth-order valence-corrected chi connectivity index (χ4v) is 4.44. The number of nitrogens with one attached hydrogen (secondary N) is 2. The van der Waals surface area contributed by atoms with E-state index in [1.807, 2.05) is 6.07 Å². The van der Waals surface area contributed by atoms with Crippen molar-refractivity contribution in [3.8, 4) is 0 Å². The molecule has 196 valence electrons. The van der Waals surface area contributed by atoms with E-state index in [2.05, 4.69) is 25.6 Å². The molecular weight excluding hydrogens is 495 g/mol. The zero-order valence-corrected chi connectivity index (χ0v) is 19.7. The van der Waals surface area contributed by atoms with Gasteiger partial charge < -0.3 is 10.6 Å². The standard InChI is InChI=1S/C25H25F5N6O/c26-24(27)7-9-36(10-8-24)20(15-12-32-23(33-13-15)25(28,29)30)14-31-22(37)18-11-21(34-16-5-6-16)35-19-4-2-1-3-17(18)19/h1-4,11-13,16,20H,5-10,14H2,(H,31,37)(H,34,35). The van der Waals surface area contributed by atoms with Crippen molar-refractivity contribution in [2.45, 2.75) is 49.9 Å². The second kappa shape index (κ2) is 9.81. The summed E-state index contributed by atoms with van der Waals surface area (Å²) in [6.07, 6.45) is -1.33. The van der Waals surface area contributed by atoms with E-state index >= 15 is 0 Å². The van der Waals surface area contributed by atoms with E-state index < -0.39 is 29.9 Å². The maximum atomic E-state index is 13.8. The van der Waals surface area contributed by atoms with Crippen molar-refractivity contribution in [3.63, 3.8) is 0 Å². The Morgan fingerprint density at radius 2 is 1.78 bits per heavy atom. The number of halogens is 5. The molecule has 1 amide bonds. The molecular formula is C25H25F5N6O. The summed E-state index contributed by atoms with van der Waals surface area (Å²) in [5.41, 5.74) is 1.33. The lowest BCUT2D eigenvalue weighted by Crippen LogP contribution is -2.45. The van der Waals surface area contributed by atoms with Crippen molar-refractivity contribution in [2.24, 2.45) is 0 Å². The van der Waals surface area contributed by atoms with Gasteiger partial charge in [0.15, 0.2) is 0 Å². The molecule has 0 bridgehead atoms. The van der Waals surface area contributed by atoms with Crippen LogP contribution < -0.4 is 10.6 Å². The normalized spacial score (nSPS) is 18.9. The van der Waals surface area contributed by atoms with Gasteiger partial charge >= 0.3 is 6.18 Å². The first-order valence-electron chi connectivity index (χ1n) is 12.0. The number of aromatic nitrogens is 3. The van der Waals surface area contributed by atoms with Gasteiger partial charge in [0, 0.05) is 61.9 Å². The molecule has 12 heteroatoms. The van der Waals surface area contributed by atoms with Crippen molar-refractivity contribution >= 4 is 22.6 Å². The minimum absolute atomic E-state index is 0.0161. The van der Waals surface area contributed by atoms with E-state index in [4.69, 9.17) is 0 Å². The van der Waals surface area contributed by atoms with E-state index in [1.165, 1.54) is 0 Å². The first-order chi connectivity index (χ1) is 17.6. The number of alkyl halides is 5. The van der Waals surface area contributed by atoms with Gasteiger partial charge in [-0.2, -0.15) is 13.2 Å². The van der Waals surface area contributed by atoms with Crippen molar-refractivity contribution in [1.29, 1.82) is 0 Å². The minimum Gasteiger partial charge on any atom is -0.367 e. The molecule has 3 heterocycles. The van der Waals surface area contributed by atoms with Crippen LogP contribution in [0.15, 0.2) is 42.7 Å². The number of hydrogen-bond acceptors (Lipinski definition) is 6. The SMILES string of the molecule is O=C(NCC(c1cnc(C(F)(F)F)nc1)N1CCC(F)(F)CC1)c1cc(NC2CC2)nc2ccccc12. The molecule has 2 aromatic heterocycles. The fraction of sp³-hybridized carbons (Fsp3) is 0.440. The summed E-state index contributed by atoms with van der Waals surface area (Å²) < 4.78 is 66.5. The van der Waals surface area contributed by atoms with Crippen LogP contribution in [0.4, 0.5) is 27.8 Å². The Hall–Kier alpha value is -3.41. The maximum absolute atomic E-state index is 13.8. The highest BCUT2D eigenvalue weighted by Gasteiger charge is 2.38. The predicted molar refractivity (Wildman–Crippen MR) is 126 cm³/mol. The molecule has 1 unspecified atom stereocenters. The highest BCUT2D eigenvalue weighted by Crippen LogP contribution is 2.33. The lowest BCUT2D eigenvalue weighted by Gasteiger charge is -2.37. The Morgan fingerprint density at radius 1 is 1.11 bits per heavy atom. The van der Waals surface area contributed by atoms with Gasteiger partial charge in [0.2, 0.25) is 5.82 Å². The van der Waals surface area contributed by atoms with Crippen LogP contribution in [0.1, 0.15) is 53.5 Å². The number of nitrogens with zero attached hydrogens (tertiary/aromatic N) is 4. The highest BCUT2D eigenvalue weighted by molar-refractivity contribution is 6.07. The first-order valence-corrected chi connectivity index (χ1v) is 12.0. The molecule has 3 aromatic rings. The van der Waals surface area contributed by atoms with Crippen molar-refractivity contribution in [2.75, 3.05) is 25.0 Å². The molecule has 1 aliphatic heterocycles. The summed E-state index contributed by atoms with van der Waals surface area (Å²) in [5, 5.41) is 6.79. The number of carbonyl (C=O) groups excluding carboxylic acids is 1. The molecule has 0 spiro atoms. The molecule has 1 saturated carbocycles. The number of hydrogen-bond donors (Lipinski definition) is 2. The molecule has 1 aliphatic carbocycles. The van der Waals surface area contributed by atoms with Gasteiger partial charge in [-0.3, -0.25) is 9.69 Å². The van der Waals surface area contributed by atoms with Crippen molar-refractivity contribution in [3.05, 3.63) is 59.7 Å². The topological polar surface area (TPSA) is 83.0 Å². The van der Waals surface area contributed by atoms with Gasteiger partial charge in [0.1, 0.15) is 5.82 Å². The van der Waals surface area contributed by atoms with E-state index in [1.54, 1.807) is 29.2 Å². The molecule has 5 rings (SSSR count). The quantitative estimate of drug-likeness (QED) is 0.435. The molecule has 7 nitrogen and oxygen atoms in total. The molecule has 0 radical (unpaired) electrons. The van der Waals surface area contributed by atoms with Crippen molar-refractivity contribution < 1.29 is 26.7 Å². The molecule has 1 atom stereocenters. The highest BCUT2D eigenvalue weighted by atomic mass is 19.4. The summed E-state index contributed by atoms with van der Waals surface area (Å²) in [6, 6.07) is 8.53. The molecule has 37 heavy (non-hydrogen) atoms. The summed E-state index contributed by atoms with van der Waals surface area (Å²) in [7, 11) is 0. The van der Waals surface area contributed by atoms with Gasteiger partial charge in [-0.25, -0.2) is 23.7 Å². The Morgan fingerprint density at radius 3 is 2.43 bits per heavy atom. The number of likely N-dealkylation sites (tertiary alicyclic amines) is 1. The third-order valence-electron chi connectivity index (χ3n) is 6.63. The maximum Gasteiger partial charge on any atom is 0.451 e. The van der Waals surface area contributed by atoms with E-state index in [9.17, 15) is 26.7 Å². The summed E-state index contributed by atoms with van der Waals surface area (Å²) >= 11 is 0. The van der Waals surface area contributed by atoms with Gasteiger partial charge in [-0.15, -0.1) is 0 Å². The number of anilines is 1. The molecule has 1 aromatic carbocycles. The van der Waals surface area contributed by atoms with Crippen LogP contribution >= 0.6 is 0 Å². The number of para-hydroxylation sites is 1. The Kier molecular flexibility index (Phi) is 6.69. The number of piperidine rings is 1. The van der Waals surface area contributed by atoms with Crippen molar-refractivity contribution in [1.82, 2.24) is 25.2 Å². The second-order valence-electron chi connectivity index (χ2n) is 9.45. The lowest BCUT2D eigenvalue weighted by atomic mass is 10.0. The fourth-order valence-electron chi connectivity index (χ4n) is 4.44. The average Bonchev–Trinajstić information content (AvgIpc) is 3.68. The number of pyridine rings is 1. The summed E-state index contributed by atoms with van der Waals surface area (Å²) in [4.78, 5) is 26.5. The third kappa shape index (κ3) is 5.95. The third-order valence-corrected chi connectivity index (χ3v) is 6.63. The second-order valence-corrected chi connectivity index (χ2v) is 9.45. The van der Waals surface area contributed by atoms with Crippen LogP contribution in [0, 0.1) is 0 Å². The Bertz CT molecular complexity index is 1270.